The second-order valence-corrected chi connectivity index (χ2v) is 7.64. The highest BCUT2D eigenvalue weighted by Gasteiger charge is 2.44. The van der Waals surface area contributed by atoms with E-state index in [2.05, 4.69) is 30.6 Å². The Morgan fingerprint density at radius 1 is 1.10 bits per heavy atom. The molecular weight excluding hydrogens is 263 g/mol. The van der Waals surface area contributed by atoms with E-state index in [0.29, 0.717) is 24.9 Å². The predicted molar refractivity (Wildman–Crippen MR) is 88.4 cm³/mol. The Balaban J connectivity index is 1.93. The van der Waals surface area contributed by atoms with E-state index in [0.717, 1.165) is 25.9 Å². The molecule has 0 aromatic heterocycles. The van der Waals surface area contributed by atoms with E-state index in [1.54, 1.807) is 0 Å². The van der Waals surface area contributed by atoms with E-state index < -0.39 is 5.67 Å². The van der Waals surface area contributed by atoms with Gasteiger partial charge in [-0.2, -0.15) is 0 Å². The number of hydrogen-bond donors (Lipinski definition) is 0. The van der Waals surface area contributed by atoms with Crippen LogP contribution in [-0.2, 0) is 0 Å². The first kappa shape index (κ1) is 17.2. The van der Waals surface area contributed by atoms with Gasteiger partial charge in [-0.1, -0.05) is 27.7 Å². The standard InChI is InChI=1S/C18H35FN2/c1-5-18(19)14-21(12-7-16(18)13-15(3)4)17-8-10-20(6-2)11-9-17/h15-17H,5-14H2,1-4H3. The lowest BCUT2D eigenvalue weighted by atomic mass is 9.76. The van der Waals surface area contributed by atoms with Crippen LogP contribution >= 0.6 is 0 Å². The number of hydrogen-bond acceptors (Lipinski definition) is 2. The molecule has 2 fully saturated rings. The molecule has 3 heteroatoms. The van der Waals surface area contributed by atoms with Crippen molar-refractivity contribution in [3.63, 3.8) is 0 Å². The first-order valence-electron chi connectivity index (χ1n) is 9.13. The fourth-order valence-electron chi connectivity index (χ4n) is 4.34. The van der Waals surface area contributed by atoms with E-state index in [1.165, 1.54) is 25.9 Å². The number of halogens is 1. The van der Waals surface area contributed by atoms with E-state index in [4.69, 9.17) is 0 Å². The Bertz CT molecular complexity index is 312. The molecule has 2 rings (SSSR count). The van der Waals surface area contributed by atoms with Crippen molar-refractivity contribution in [2.75, 3.05) is 32.7 Å². The molecule has 0 bridgehead atoms. The van der Waals surface area contributed by atoms with Gasteiger partial charge in [-0.3, -0.25) is 4.90 Å². The summed E-state index contributed by atoms with van der Waals surface area (Å²) in [7, 11) is 0. The van der Waals surface area contributed by atoms with Gasteiger partial charge in [0, 0.05) is 12.6 Å². The zero-order chi connectivity index (χ0) is 15.5. The monoisotopic (exact) mass is 298 g/mol. The Morgan fingerprint density at radius 2 is 1.76 bits per heavy atom. The van der Waals surface area contributed by atoms with E-state index in [1.807, 2.05) is 6.92 Å². The molecule has 0 spiro atoms. The maximum absolute atomic E-state index is 15.4. The van der Waals surface area contributed by atoms with Gasteiger partial charge >= 0.3 is 0 Å². The zero-order valence-corrected chi connectivity index (χ0v) is 14.6. The number of likely N-dealkylation sites (tertiary alicyclic amines) is 2. The van der Waals surface area contributed by atoms with Crippen LogP contribution in [0.3, 0.4) is 0 Å². The van der Waals surface area contributed by atoms with Crippen LogP contribution in [0.25, 0.3) is 0 Å². The molecule has 2 aliphatic heterocycles. The molecule has 2 atom stereocenters. The molecule has 0 N–H and O–H groups in total. The highest BCUT2D eigenvalue weighted by Crippen LogP contribution is 2.39. The quantitative estimate of drug-likeness (QED) is 0.758. The Kier molecular flexibility index (Phi) is 6.07. The van der Waals surface area contributed by atoms with Gasteiger partial charge in [0.05, 0.1) is 0 Å². The van der Waals surface area contributed by atoms with Crippen molar-refractivity contribution in [2.24, 2.45) is 11.8 Å². The maximum Gasteiger partial charge on any atom is 0.126 e. The minimum atomic E-state index is -0.954. The summed E-state index contributed by atoms with van der Waals surface area (Å²) in [5, 5.41) is 0. The Morgan fingerprint density at radius 3 is 2.29 bits per heavy atom. The van der Waals surface area contributed by atoms with Crippen molar-refractivity contribution < 1.29 is 4.39 Å². The summed E-state index contributed by atoms with van der Waals surface area (Å²) in [6, 6.07) is 0.620. The third-order valence-electron chi connectivity index (χ3n) is 5.83. The summed E-state index contributed by atoms with van der Waals surface area (Å²) >= 11 is 0. The van der Waals surface area contributed by atoms with E-state index in [9.17, 15) is 0 Å². The molecule has 0 aliphatic carbocycles. The summed E-state index contributed by atoms with van der Waals surface area (Å²) in [6.07, 6.45) is 5.22. The van der Waals surface area contributed by atoms with Gasteiger partial charge in [0.25, 0.3) is 0 Å². The first-order chi connectivity index (χ1) is 9.98. The summed E-state index contributed by atoms with van der Waals surface area (Å²) in [5.74, 6) is 0.880. The summed E-state index contributed by atoms with van der Waals surface area (Å²) in [5.41, 5.74) is -0.954. The van der Waals surface area contributed by atoms with Gasteiger partial charge < -0.3 is 4.90 Å². The predicted octanol–water partition coefficient (Wildman–Crippen LogP) is 3.96. The number of nitrogens with zero attached hydrogens (tertiary/aromatic N) is 2. The van der Waals surface area contributed by atoms with Crippen LogP contribution in [0.4, 0.5) is 4.39 Å². The van der Waals surface area contributed by atoms with Crippen molar-refractivity contribution in [3.05, 3.63) is 0 Å². The second-order valence-electron chi connectivity index (χ2n) is 7.64. The van der Waals surface area contributed by atoms with Crippen LogP contribution < -0.4 is 0 Å². The molecule has 2 saturated heterocycles. The SMILES string of the molecule is CCN1CCC(N2CCC(CC(C)C)C(F)(CC)C2)CC1. The van der Waals surface area contributed by atoms with Crippen molar-refractivity contribution >= 4 is 0 Å². The average molecular weight is 298 g/mol. The van der Waals surface area contributed by atoms with Crippen LogP contribution in [-0.4, -0.2) is 54.2 Å². The normalized spacial score (nSPS) is 33.7. The molecule has 124 valence electrons. The maximum atomic E-state index is 15.4. The Labute approximate surface area is 131 Å². The summed E-state index contributed by atoms with van der Waals surface area (Å²) in [6.45, 7) is 14.1. The third kappa shape index (κ3) is 4.19. The molecule has 0 saturated carbocycles. The van der Waals surface area contributed by atoms with Gasteiger partial charge in [0.2, 0.25) is 0 Å². The Hall–Kier alpha value is -0.150. The van der Waals surface area contributed by atoms with Gasteiger partial charge in [-0.05, 0) is 70.1 Å². The van der Waals surface area contributed by atoms with Gasteiger partial charge in [-0.25, -0.2) is 4.39 Å². The zero-order valence-electron chi connectivity index (χ0n) is 14.6. The van der Waals surface area contributed by atoms with Crippen LogP contribution in [0, 0.1) is 11.8 Å². The van der Waals surface area contributed by atoms with Crippen LogP contribution in [0.5, 0.6) is 0 Å². The molecule has 2 nitrogen and oxygen atoms in total. The molecule has 0 aromatic rings. The van der Waals surface area contributed by atoms with Gasteiger partial charge in [-0.15, -0.1) is 0 Å². The lowest BCUT2D eigenvalue weighted by Crippen LogP contribution is -2.56. The smallest absolute Gasteiger partial charge is 0.126 e. The molecule has 2 aliphatic rings. The molecule has 2 unspecified atom stereocenters. The first-order valence-corrected chi connectivity index (χ1v) is 9.13. The lowest BCUT2D eigenvalue weighted by Gasteiger charge is -2.48. The number of rotatable bonds is 5. The highest BCUT2D eigenvalue weighted by atomic mass is 19.1. The third-order valence-corrected chi connectivity index (χ3v) is 5.83. The number of piperidine rings is 2. The minimum Gasteiger partial charge on any atom is -0.303 e. The van der Waals surface area contributed by atoms with Crippen LogP contribution in [0.2, 0.25) is 0 Å². The largest absolute Gasteiger partial charge is 0.303 e. The van der Waals surface area contributed by atoms with Crippen LogP contribution in [0.1, 0.15) is 59.8 Å². The highest BCUT2D eigenvalue weighted by molar-refractivity contribution is 4.96. The number of alkyl halides is 1. The summed E-state index contributed by atoms with van der Waals surface area (Å²) in [4.78, 5) is 5.00. The molecule has 0 aromatic carbocycles. The summed E-state index contributed by atoms with van der Waals surface area (Å²) < 4.78 is 15.4. The van der Waals surface area contributed by atoms with Gasteiger partial charge in [0.1, 0.15) is 5.67 Å². The molecule has 21 heavy (non-hydrogen) atoms. The van der Waals surface area contributed by atoms with E-state index in [-0.39, 0.29) is 5.92 Å². The topological polar surface area (TPSA) is 6.48 Å². The van der Waals surface area contributed by atoms with Crippen molar-refractivity contribution in [1.82, 2.24) is 9.80 Å². The second kappa shape index (κ2) is 7.41. The van der Waals surface area contributed by atoms with E-state index >= 15 is 4.39 Å². The average Bonchev–Trinajstić information content (AvgIpc) is 2.49. The fourth-order valence-corrected chi connectivity index (χ4v) is 4.34. The van der Waals surface area contributed by atoms with Crippen molar-refractivity contribution in [1.29, 1.82) is 0 Å². The van der Waals surface area contributed by atoms with Crippen molar-refractivity contribution in [2.45, 2.75) is 71.5 Å². The van der Waals surface area contributed by atoms with Crippen LogP contribution in [0.15, 0.2) is 0 Å². The molecule has 0 radical (unpaired) electrons. The van der Waals surface area contributed by atoms with Gasteiger partial charge in [0.15, 0.2) is 0 Å². The molecule has 0 amide bonds. The molecular formula is C18H35FN2. The lowest BCUT2D eigenvalue weighted by molar-refractivity contribution is -0.0445. The molecule has 2 heterocycles. The van der Waals surface area contributed by atoms with Crippen molar-refractivity contribution in [3.8, 4) is 0 Å². The minimum absolute atomic E-state index is 0.273. The fraction of sp³-hybridized carbons (Fsp3) is 1.00.